The second-order valence-corrected chi connectivity index (χ2v) is 3.62. The van der Waals surface area contributed by atoms with Gasteiger partial charge in [-0.15, -0.1) is 0 Å². The lowest BCUT2D eigenvalue weighted by atomic mass is 10.2. The fourth-order valence-corrected chi connectivity index (χ4v) is 1.39. The van der Waals surface area contributed by atoms with Crippen molar-refractivity contribution in [3.8, 4) is 12.1 Å². The van der Waals surface area contributed by atoms with Gasteiger partial charge in [0.1, 0.15) is 13.1 Å². The Bertz CT molecular complexity index is 499. The molecule has 0 atom stereocenters. The maximum absolute atomic E-state index is 11.9. The monoisotopic (exact) mass is 248 g/mol. The maximum atomic E-state index is 11.9. The maximum Gasteiger partial charge on any atom is 0.255 e. The van der Waals surface area contributed by atoms with E-state index >= 15 is 0 Å². The molecule has 0 unspecified atom stereocenters. The molecule has 86 valence electrons. The number of rotatable bonds is 3. The third-order valence-electron chi connectivity index (χ3n) is 2.06. The van der Waals surface area contributed by atoms with E-state index in [0.29, 0.717) is 11.3 Å². The number of carbonyl (C=O) groups excluding carboxylic acids is 1. The van der Waals surface area contributed by atoms with Crippen LogP contribution in [-0.4, -0.2) is 23.9 Å². The highest BCUT2D eigenvalue weighted by Gasteiger charge is 2.15. The van der Waals surface area contributed by atoms with Crippen LogP contribution in [0.25, 0.3) is 0 Å². The molecule has 0 radical (unpaired) electrons. The number of carbonyl (C=O) groups is 1. The summed E-state index contributed by atoms with van der Waals surface area (Å²) in [5.41, 5.74) is 6.19. The molecule has 1 amide bonds. The molecule has 2 N–H and O–H groups in total. The van der Waals surface area contributed by atoms with Gasteiger partial charge in [0, 0.05) is 5.56 Å². The summed E-state index contributed by atoms with van der Waals surface area (Å²) in [5, 5.41) is 17.4. The largest absolute Gasteiger partial charge is 0.398 e. The van der Waals surface area contributed by atoms with Crippen LogP contribution in [0, 0.1) is 22.7 Å². The van der Waals surface area contributed by atoms with E-state index in [2.05, 4.69) is 0 Å². The molecule has 0 fully saturated rings. The minimum atomic E-state index is -0.421. The third-order valence-corrected chi connectivity index (χ3v) is 2.39. The average Bonchev–Trinajstić information content (AvgIpc) is 2.31. The van der Waals surface area contributed by atoms with E-state index in [9.17, 15) is 4.79 Å². The van der Waals surface area contributed by atoms with E-state index in [1.54, 1.807) is 0 Å². The molecule has 0 aliphatic carbocycles. The minimum Gasteiger partial charge on any atom is -0.398 e. The first-order chi connectivity index (χ1) is 8.10. The van der Waals surface area contributed by atoms with Gasteiger partial charge >= 0.3 is 0 Å². The molecule has 6 heteroatoms. The topological polar surface area (TPSA) is 93.9 Å². The van der Waals surface area contributed by atoms with Crippen molar-refractivity contribution in [3.05, 3.63) is 28.8 Å². The number of nitrogens with zero attached hydrogens (tertiary/aromatic N) is 3. The van der Waals surface area contributed by atoms with Crippen molar-refractivity contribution in [2.75, 3.05) is 18.8 Å². The van der Waals surface area contributed by atoms with Crippen molar-refractivity contribution in [1.29, 1.82) is 10.5 Å². The van der Waals surface area contributed by atoms with Crippen molar-refractivity contribution >= 4 is 23.2 Å². The zero-order valence-electron chi connectivity index (χ0n) is 8.85. The van der Waals surface area contributed by atoms with Gasteiger partial charge in [0.25, 0.3) is 5.91 Å². The Labute approximate surface area is 104 Å². The molecule has 0 bridgehead atoms. The number of anilines is 1. The molecule has 0 heterocycles. The number of nitriles is 2. The predicted molar refractivity (Wildman–Crippen MR) is 63.0 cm³/mol. The van der Waals surface area contributed by atoms with E-state index in [-0.39, 0.29) is 18.1 Å². The van der Waals surface area contributed by atoms with Crippen molar-refractivity contribution in [2.45, 2.75) is 0 Å². The van der Waals surface area contributed by atoms with Crippen LogP contribution in [0.3, 0.4) is 0 Å². The summed E-state index contributed by atoms with van der Waals surface area (Å²) in [6.45, 7) is -0.289. The molecule has 0 aromatic heterocycles. The molecule has 5 nitrogen and oxygen atoms in total. The van der Waals surface area contributed by atoms with Gasteiger partial charge < -0.3 is 10.6 Å². The number of hydrogen-bond donors (Lipinski definition) is 1. The Kier molecular flexibility index (Phi) is 4.33. The number of nitrogen functional groups attached to an aromatic ring is 1. The van der Waals surface area contributed by atoms with Crippen LogP contribution in [0.1, 0.15) is 10.4 Å². The molecule has 1 rings (SSSR count). The van der Waals surface area contributed by atoms with Gasteiger partial charge in [0.2, 0.25) is 0 Å². The molecule has 0 aliphatic rings. The molecule has 17 heavy (non-hydrogen) atoms. The summed E-state index contributed by atoms with van der Waals surface area (Å²) < 4.78 is 0. The molecular formula is C11H9ClN4O. The standard InChI is InChI=1S/C11H9ClN4O/c12-9-7-8(1-2-10(9)15)11(17)16(5-3-13)6-4-14/h1-2,7H,5-6,15H2. The minimum absolute atomic E-state index is 0.144. The molecule has 0 saturated carbocycles. The Balaban J connectivity index is 2.98. The number of halogens is 1. The van der Waals surface area contributed by atoms with Crippen LogP contribution >= 0.6 is 11.6 Å². The zero-order chi connectivity index (χ0) is 12.8. The normalized spacial score (nSPS) is 9.12. The quantitative estimate of drug-likeness (QED) is 0.646. The Morgan fingerprint density at radius 2 is 1.94 bits per heavy atom. The van der Waals surface area contributed by atoms with E-state index in [1.807, 2.05) is 12.1 Å². The number of hydrogen-bond acceptors (Lipinski definition) is 4. The van der Waals surface area contributed by atoms with Gasteiger partial charge in [-0.05, 0) is 18.2 Å². The summed E-state index contributed by atoms with van der Waals surface area (Å²) >= 11 is 5.79. The smallest absolute Gasteiger partial charge is 0.255 e. The van der Waals surface area contributed by atoms with Crippen molar-refractivity contribution in [1.82, 2.24) is 4.90 Å². The van der Waals surface area contributed by atoms with Crippen molar-refractivity contribution in [3.63, 3.8) is 0 Å². The van der Waals surface area contributed by atoms with Crippen LogP contribution in [0.5, 0.6) is 0 Å². The molecule has 1 aromatic carbocycles. The first-order valence-corrected chi connectivity index (χ1v) is 5.06. The number of benzene rings is 1. The number of amides is 1. The van der Waals surface area contributed by atoms with Crippen LogP contribution in [0.4, 0.5) is 5.69 Å². The highest BCUT2D eigenvalue weighted by atomic mass is 35.5. The van der Waals surface area contributed by atoms with Crippen LogP contribution < -0.4 is 5.73 Å². The van der Waals surface area contributed by atoms with Gasteiger partial charge in [-0.1, -0.05) is 11.6 Å². The van der Waals surface area contributed by atoms with Gasteiger partial charge in [0.15, 0.2) is 0 Å². The van der Waals surface area contributed by atoms with Gasteiger partial charge in [-0.25, -0.2) is 0 Å². The summed E-state index contributed by atoms with van der Waals surface area (Å²) in [6, 6.07) is 8.08. The van der Waals surface area contributed by atoms with Crippen LogP contribution in [0.2, 0.25) is 5.02 Å². The van der Waals surface area contributed by atoms with E-state index in [0.717, 1.165) is 4.90 Å². The first kappa shape index (κ1) is 12.8. The lowest BCUT2D eigenvalue weighted by Crippen LogP contribution is -2.31. The summed E-state index contributed by atoms with van der Waals surface area (Å²) in [7, 11) is 0. The third kappa shape index (κ3) is 3.10. The second-order valence-electron chi connectivity index (χ2n) is 3.21. The summed E-state index contributed by atoms with van der Waals surface area (Å²) in [5.74, 6) is -0.421. The van der Waals surface area contributed by atoms with E-state index in [4.69, 9.17) is 27.9 Å². The molecule has 0 aliphatic heterocycles. The molecule has 0 spiro atoms. The highest BCUT2D eigenvalue weighted by Crippen LogP contribution is 2.20. The van der Waals surface area contributed by atoms with E-state index in [1.165, 1.54) is 18.2 Å². The fourth-order valence-electron chi connectivity index (χ4n) is 1.21. The SMILES string of the molecule is N#CCN(CC#N)C(=O)c1ccc(N)c(Cl)c1. The lowest BCUT2D eigenvalue weighted by Gasteiger charge is -2.15. The van der Waals surface area contributed by atoms with E-state index < -0.39 is 5.91 Å². The fraction of sp³-hybridized carbons (Fsp3) is 0.182. The van der Waals surface area contributed by atoms with Crippen LogP contribution in [-0.2, 0) is 0 Å². The Morgan fingerprint density at radius 1 is 1.35 bits per heavy atom. The molecular weight excluding hydrogens is 240 g/mol. The van der Waals surface area contributed by atoms with Gasteiger partial charge in [-0.3, -0.25) is 4.79 Å². The average molecular weight is 249 g/mol. The Morgan fingerprint density at radius 3 is 2.41 bits per heavy atom. The van der Waals surface area contributed by atoms with Crippen molar-refractivity contribution in [2.24, 2.45) is 0 Å². The highest BCUT2D eigenvalue weighted by molar-refractivity contribution is 6.33. The Hall–Kier alpha value is -2.24. The van der Waals surface area contributed by atoms with Gasteiger partial charge in [-0.2, -0.15) is 10.5 Å². The predicted octanol–water partition coefficient (Wildman–Crippen LogP) is 1.41. The van der Waals surface area contributed by atoms with Gasteiger partial charge in [0.05, 0.1) is 22.8 Å². The number of nitrogens with two attached hydrogens (primary N) is 1. The van der Waals surface area contributed by atoms with Crippen molar-refractivity contribution < 1.29 is 4.79 Å². The summed E-state index contributed by atoms with van der Waals surface area (Å²) in [4.78, 5) is 13.0. The summed E-state index contributed by atoms with van der Waals surface area (Å²) in [6.07, 6.45) is 0. The molecule has 1 aromatic rings. The van der Waals surface area contributed by atoms with Crippen LogP contribution in [0.15, 0.2) is 18.2 Å². The first-order valence-electron chi connectivity index (χ1n) is 4.68. The zero-order valence-corrected chi connectivity index (χ0v) is 9.61. The second kappa shape index (κ2) is 5.74. The lowest BCUT2D eigenvalue weighted by molar-refractivity contribution is 0.0795. The molecule has 0 saturated heterocycles.